The molecule has 4 nitrogen and oxygen atoms in total. The molecule has 0 aromatic heterocycles. The van der Waals surface area contributed by atoms with Crippen LogP contribution in [0.5, 0.6) is 0 Å². The number of aryl methyl sites for hydroxylation is 1. The van der Waals surface area contributed by atoms with Crippen LogP contribution in [0.25, 0.3) is 0 Å². The van der Waals surface area contributed by atoms with Crippen molar-refractivity contribution in [3.05, 3.63) is 21.7 Å². The van der Waals surface area contributed by atoms with Crippen molar-refractivity contribution in [2.24, 2.45) is 5.92 Å². The standard InChI is InChI=1S/C19H28Cl2N2O2/c1-2-3-4-5-6-7-8-13-11-15(20)18(16(21)17(13)22)23-10-9-14(12-24)19(23)25/h11,14,24H,2-10,12,22H2,1H3. The summed E-state index contributed by atoms with van der Waals surface area (Å²) in [7, 11) is 0. The Morgan fingerprint density at radius 1 is 1.24 bits per heavy atom. The van der Waals surface area contributed by atoms with E-state index in [1.165, 1.54) is 32.1 Å². The minimum absolute atomic E-state index is 0.144. The number of hydrogen-bond acceptors (Lipinski definition) is 3. The molecule has 1 heterocycles. The van der Waals surface area contributed by atoms with Gasteiger partial charge in [-0.2, -0.15) is 0 Å². The predicted octanol–water partition coefficient (Wildman–Crippen LogP) is 4.82. The van der Waals surface area contributed by atoms with Crippen LogP contribution in [0, 0.1) is 5.92 Å². The molecule has 0 aliphatic carbocycles. The number of carbonyl (C=O) groups is 1. The van der Waals surface area contributed by atoms with Crippen LogP contribution in [0.2, 0.25) is 10.0 Å². The molecule has 1 aromatic rings. The lowest BCUT2D eigenvalue weighted by Gasteiger charge is -2.22. The van der Waals surface area contributed by atoms with Crippen LogP contribution in [0.1, 0.15) is 57.4 Å². The zero-order chi connectivity index (χ0) is 18.4. The molecule has 1 amide bonds. The first-order chi connectivity index (χ1) is 12.0. The van der Waals surface area contributed by atoms with E-state index in [1.54, 1.807) is 4.90 Å². The van der Waals surface area contributed by atoms with Gasteiger partial charge >= 0.3 is 0 Å². The van der Waals surface area contributed by atoms with Gasteiger partial charge in [0.25, 0.3) is 0 Å². The highest BCUT2D eigenvalue weighted by molar-refractivity contribution is 6.41. The van der Waals surface area contributed by atoms with Gasteiger partial charge in [0.05, 0.1) is 33.9 Å². The van der Waals surface area contributed by atoms with Gasteiger partial charge in [0.2, 0.25) is 5.91 Å². The third-order valence-electron chi connectivity index (χ3n) is 4.92. The summed E-state index contributed by atoms with van der Waals surface area (Å²) in [5.41, 5.74) is 8.15. The summed E-state index contributed by atoms with van der Waals surface area (Å²) < 4.78 is 0. The maximum Gasteiger partial charge on any atom is 0.232 e. The van der Waals surface area contributed by atoms with E-state index in [-0.39, 0.29) is 18.4 Å². The average molecular weight is 387 g/mol. The highest BCUT2D eigenvalue weighted by Crippen LogP contribution is 2.42. The van der Waals surface area contributed by atoms with Gasteiger partial charge in [0, 0.05) is 6.54 Å². The highest BCUT2D eigenvalue weighted by atomic mass is 35.5. The highest BCUT2D eigenvalue weighted by Gasteiger charge is 2.34. The summed E-state index contributed by atoms with van der Waals surface area (Å²) >= 11 is 12.9. The zero-order valence-electron chi connectivity index (χ0n) is 14.9. The second-order valence-electron chi connectivity index (χ2n) is 6.77. The number of aliphatic hydroxyl groups excluding tert-OH is 1. The SMILES string of the molecule is CCCCCCCCc1cc(Cl)c(N2CCC(CO)C2=O)c(Cl)c1N. The number of aliphatic hydroxyl groups is 1. The van der Waals surface area contributed by atoms with Crippen LogP contribution in [0.4, 0.5) is 11.4 Å². The van der Waals surface area contributed by atoms with Crippen molar-refractivity contribution in [1.82, 2.24) is 0 Å². The van der Waals surface area contributed by atoms with E-state index in [9.17, 15) is 9.90 Å². The van der Waals surface area contributed by atoms with Gasteiger partial charge in [0.15, 0.2) is 0 Å². The van der Waals surface area contributed by atoms with E-state index in [0.717, 1.165) is 18.4 Å². The quantitative estimate of drug-likeness (QED) is 0.471. The van der Waals surface area contributed by atoms with Crippen molar-refractivity contribution in [3.8, 4) is 0 Å². The van der Waals surface area contributed by atoms with E-state index in [2.05, 4.69) is 6.92 Å². The van der Waals surface area contributed by atoms with Gasteiger partial charge in [-0.3, -0.25) is 4.79 Å². The van der Waals surface area contributed by atoms with Gasteiger partial charge in [-0.15, -0.1) is 0 Å². The molecule has 0 bridgehead atoms. The molecule has 6 heteroatoms. The number of carbonyl (C=O) groups excluding carboxylic acids is 1. The first-order valence-electron chi connectivity index (χ1n) is 9.19. The van der Waals surface area contributed by atoms with Crippen molar-refractivity contribution >= 4 is 40.5 Å². The van der Waals surface area contributed by atoms with Crippen LogP contribution in [-0.4, -0.2) is 24.2 Å². The van der Waals surface area contributed by atoms with Gasteiger partial charge < -0.3 is 15.7 Å². The smallest absolute Gasteiger partial charge is 0.232 e. The second-order valence-corrected chi connectivity index (χ2v) is 7.55. The van der Waals surface area contributed by atoms with Gasteiger partial charge in [-0.25, -0.2) is 0 Å². The number of nitrogens with two attached hydrogens (primary N) is 1. The third kappa shape index (κ3) is 4.81. The molecule has 1 saturated heterocycles. The van der Waals surface area contributed by atoms with E-state index in [1.807, 2.05) is 6.07 Å². The molecule has 1 atom stereocenters. The van der Waals surface area contributed by atoms with Crippen LogP contribution in [0.15, 0.2) is 6.07 Å². The summed E-state index contributed by atoms with van der Waals surface area (Å²) in [5, 5.41) is 10.1. The topological polar surface area (TPSA) is 66.6 Å². The first-order valence-corrected chi connectivity index (χ1v) is 9.95. The minimum Gasteiger partial charge on any atom is -0.397 e. The molecule has 1 fully saturated rings. The normalized spacial score (nSPS) is 17.5. The van der Waals surface area contributed by atoms with E-state index < -0.39 is 0 Å². The summed E-state index contributed by atoms with van der Waals surface area (Å²) in [4.78, 5) is 13.9. The molecule has 1 aliphatic heterocycles. The van der Waals surface area contributed by atoms with Crippen LogP contribution < -0.4 is 10.6 Å². The number of benzene rings is 1. The largest absolute Gasteiger partial charge is 0.397 e. The monoisotopic (exact) mass is 386 g/mol. The van der Waals surface area contributed by atoms with Crippen LogP contribution >= 0.6 is 23.2 Å². The molecule has 2 rings (SSSR count). The van der Waals surface area contributed by atoms with Crippen molar-refractivity contribution in [1.29, 1.82) is 0 Å². The van der Waals surface area contributed by atoms with Crippen molar-refractivity contribution in [2.75, 3.05) is 23.8 Å². The van der Waals surface area contributed by atoms with E-state index in [4.69, 9.17) is 28.9 Å². The summed E-state index contributed by atoms with van der Waals surface area (Å²) in [5.74, 6) is -0.523. The maximum atomic E-state index is 12.3. The Balaban J connectivity index is 2.07. The molecule has 1 unspecified atom stereocenters. The Hall–Kier alpha value is -0.970. The molecule has 0 spiro atoms. The predicted molar refractivity (Wildman–Crippen MR) is 106 cm³/mol. The molecule has 25 heavy (non-hydrogen) atoms. The maximum absolute atomic E-state index is 12.3. The van der Waals surface area contributed by atoms with Crippen LogP contribution in [-0.2, 0) is 11.2 Å². The Labute approximate surface area is 160 Å². The van der Waals surface area contributed by atoms with Crippen molar-refractivity contribution in [2.45, 2.75) is 58.3 Å². The lowest BCUT2D eigenvalue weighted by atomic mass is 10.0. The number of unbranched alkanes of at least 4 members (excludes halogenated alkanes) is 5. The number of nitrogens with zero attached hydrogens (tertiary/aromatic N) is 1. The van der Waals surface area contributed by atoms with Crippen LogP contribution in [0.3, 0.4) is 0 Å². The fourth-order valence-electron chi connectivity index (χ4n) is 3.35. The molecule has 0 radical (unpaired) electrons. The lowest BCUT2D eigenvalue weighted by molar-refractivity contribution is -0.121. The number of rotatable bonds is 9. The number of anilines is 2. The third-order valence-corrected chi connectivity index (χ3v) is 5.59. The van der Waals surface area contributed by atoms with E-state index in [0.29, 0.717) is 34.4 Å². The number of nitrogen functional groups attached to an aromatic ring is 1. The fourth-order valence-corrected chi connectivity index (χ4v) is 4.05. The molecule has 1 aromatic carbocycles. The number of amides is 1. The first kappa shape index (κ1) is 20.3. The van der Waals surface area contributed by atoms with Crippen molar-refractivity contribution < 1.29 is 9.90 Å². The Kier molecular flexibility index (Phi) is 7.85. The Morgan fingerprint density at radius 2 is 1.92 bits per heavy atom. The zero-order valence-corrected chi connectivity index (χ0v) is 16.4. The molecule has 1 aliphatic rings. The van der Waals surface area contributed by atoms with Crippen molar-refractivity contribution in [3.63, 3.8) is 0 Å². The molecular formula is C19H28Cl2N2O2. The lowest BCUT2D eigenvalue weighted by Crippen LogP contribution is -2.29. The minimum atomic E-state index is -0.379. The molecule has 3 N–H and O–H groups in total. The van der Waals surface area contributed by atoms with E-state index >= 15 is 0 Å². The number of hydrogen-bond donors (Lipinski definition) is 2. The fraction of sp³-hybridized carbons (Fsp3) is 0.632. The summed E-state index contributed by atoms with van der Waals surface area (Å²) in [6, 6.07) is 1.84. The summed E-state index contributed by atoms with van der Waals surface area (Å²) in [6.45, 7) is 2.55. The van der Waals surface area contributed by atoms with Gasteiger partial charge in [0.1, 0.15) is 0 Å². The Morgan fingerprint density at radius 3 is 2.56 bits per heavy atom. The molecule has 140 valence electrons. The second kappa shape index (κ2) is 9.65. The average Bonchev–Trinajstić information content (AvgIpc) is 2.96. The van der Waals surface area contributed by atoms with Gasteiger partial charge in [-0.05, 0) is 30.9 Å². The number of halogens is 2. The summed E-state index contributed by atoms with van der Waals surface area (Å²) in [6.07, 6.45) is 8.69. The Bertz CT molecular complexity index is 608. The molecular weight excluding hydrogens is 359 g/mol. The van der Waals surface area contributed by atoms with Gasteiger partial charge in [-0.1, -0.05) is 62.2 Å². The molecule has 0 saturated carbocycles.